The summed E-state index contributed by atoms with van der Waals surface area (Å²) in [4.78, 5) is 6.68. The number of rotatable bonds is 4. The average Bonchev–Trinajstić information content (AvgIpc) is 2.93. The van der Waals surface area contributed by atoms with Gasteiger partial charge in [0.2, 0.25) is 0 Å². The van der Waals surface area contributed by atoms with E-state index in [1.54, 1.807) is 17.5 Å². The van der Waals surface area contributed by atoms with Crippen LogP contribution in [0.2, 0.25) is 0 Å². The zero-order valence-electron chi connectivity index (χ0n) is 10.4. The van der Waals surface area contributed by atoms with E-state index >= 15 is 0 Å². The van der Waals surface area contributed by atoms with E-state index in [1.807, 2.05) is 36.4 Å². The molecule has 2 N–H and O–H groups in total. The Balaban J connectivity index is 1.81. The van der Waals surface area contributed by atoms with Crippen molar-refractivity contribution in [2.75, 3.05) is 0 Å². The minimum Gasteiger partial charge on any atom is -0.487 e. The second kappa shape index (κ2) is 5.38. The maximum atomic E-state index is 5.89. The molecule has 0 unspecified atom stereocenters. The molecule has 3 rings (SSSR count). The fourth-order valence-corrected chi connectivity index (χ4v) is 2.77. The van der Waals surface area contributed by atoms with Crippen molar-refractivity contribution >= 4 is 22.2 Å². The Bertz CT molecular complexity index is 688. The van der Waals surface area contributed by atoms with Crippen LogP contribution in [0.25, 0.3) is 10.9 Å². The lowest BCUT2D eigenvalue weighted by Gasteiger charge is -2.07. The number of benzene rings is 1. The van der Waals surface area contributed by atoms with E-state index in [-0.39, 0.29) is 0 Å². The van der Waals surface area contributed by atoms with Crippen LogP contribution in [0, 0.1) is 0 Å². The largest absolute Gasteiger partial charge is 0.487 e. The van der Waals surface area contributed by atoms with Gasteiger partial charge in [0.05, 0.1) is 5.52 Å². The molecular formula is C15H14N2OS. The Morgan fingerprint density at radius 3 is 2.79 bits per heavy atom. The predicted molar refractivity (Wildman–Crippen MR) is 78.3 cm³/mol. The van der Waals surface area contributed by atoms with Gasteiger partial charge in [-0.25, -0.2) is 0 Å². The number of nitrogens with zero attached hydrogens (tertiary/aromatic N) is 1. The van der Waals surface area contributed by atoms with Gasteiger partial charge in [-0.05, 0) is 36.4 Å². The molecule has 4 heteroatoms. The molecule has 0 atom stereocenters. The van der Waals surface area contributed by atoms with Gasteiger partial charge >= 0.3 is 0 Å². The van der Waals surface area contributed by atoms with E-state index < -0.39 is 0 Å². The molecule has 3 aromatic rings. The van der Waals surface area contributed by atoms with Gasteiger partial charge in [0.1, 0.15) is 12.4 Å². The minimum atomic E-state index is 0.568. The zero-order chi connectivity index (χ0) is 13.1. The average molecular weight is 270 g/mol. The Morgan fingerprint density at radius 2 is 1.95 bits per heavy atom. The number of hydrogen-bond donors (Lipinski definition) is 1. The van der Waals surface area contributed by atoms with Crippen LogP contribution in [0.3, 0.4) is 0 Å². The highest BCUT2D eigenvalue weighted by Gasteiger charge is 2.04. The van der Waals surface area contributed by atoms with Crippen LogP contribution in [0.4, 0.5) is 0 Å². The molecule has 0 radical (unpaired) electrons. The number of pyridine rings is 1. The molecule has 96 valence electrons. The quantitative estimate of drug-likeness (QED) is 0.791. The topological polar surface area (TPSA) is 48.1 Å². The number of nitrogens with two attached hydrogens (primary N) is 1. The Labute approximate surface area is 115 Å². The van der Waals surface area contributed by atoms with Crippen molar-refractivity contribution in [3.63, 3.8) is 0 Å². The molecular weight excluding hydrogens is 256 g/mol. The van der Waals surface area contributed by atoms with Crippen LogP contribution in [0.15, 0.2) is 48.7 Å². The van der Waals surface area contributed by atoms with Crippen molar-refractivity contribution in [1.82, 2.24) is 4.98 Å². The van der Waals surface area contributed by atoms with Crippen molar-refractivity contribution in [3.8, 4) is 5.75 Å². The second-order valence-corrected chi connectivity index (χ2v) is 5.44. The van der Waals surface area contributed by atoms with E-state index in [1.165, 1.54) is 9.75 Å². The molecule has 0 aliphatic rings. The molecule has 0 saturated carbocycles. The number of aromatic nitrogens is 1. The van der Waals surface area contributed by atoms with Gasteiger partial charge in [0, 0.05) is 27.9 Å². The highest BCUT2D eigenvalue weighted by Crippen LogP contribution is 2.25. The van der Waals surface area contributed by atoms with Gasteiger partial charge in [-0.3, -0.25) is 4.98 Å². The lowest BCUT2D eigenvalue weighted by atomic mass is 10.2. The normalized spacial score (nSPS) is 10.8. The molecule has 0 aliphatic heterocycles. The summed E-state index contributed by atoms with van der Waals surface area (Å²) >= 11 is 1.69. The molecule has 0 amide bonds. The first-order valence-electron chi connectivity index (χ1n) is 6.11. The van der Waals surface area contributed by atoms with Crippen LogP contribution < -0.4 is 10.5 Å². The van der Waals surface area contributed by atoms with E-state index in [4.69, 9.17) is 10.5 Å². The van der Waals surface area contributed by atoms with Crippen molar-refractivity contribution in [2.24, 2.45) is 5.73 Å². The van der Waals surface area contributed by atoms with Crippen molar-refractivity contribution in [3.05, 3.63) is 58.4 Å². The highest BCUT2D eigenvalue weighted by molar-refractivity contribution is 7.11. The lowest BCUT2D eigenvalue weighted by molar-refractivity contribution is 0.313. The van der Waals surface area contributed by atoms with Gasteiger partial charge < -0.3 is 10.5 Å². The zero-order valence-corrected chi connectivity index (χ0v) is 11.2. The maximum absolute atomic E-state index is 5.89. The molecule has 3 nitrogen and oxygen atoms in total. The summed E-state index contributed by atoms with van der Waals surface area (Å²) in [5, 5.41) is 1.04. The summed E-state index contributed by atoms with van der Waals surface area (Å²) < 4.78 is 5.89. The Kier molecular flexibility index (Phi) is 3.44. The third-order valence-corrected chi connectivity index (χ3v) is 3.98. The van der Waals surface area contributed by atoms with Crippen LogP contribution in [0.5, 0.6) is 5.75 Å². The number of fused-ring (bicyclic) bond motifs is 1. The number of thiophene rings is 1. The van der Waals surface area contributed by atoms with Crippen molar-refractivity contribution in [2.45, 2.75) is 13.2 Å². The van der Waals surface area contributed by atoms with Gasteiger partial charge in [0.15, 0.2) is 0 Å². The molecule has 0 saturated heterocycles. The van der Waals surface area contributed by atoms with Crippen LogP contribution in [-0.2, 0) is 13.2 Å². The maximum Gasteiger partial charge on any atom is 0.129 e. The van der Waals surface area contributed by atoms with Gasteiger partial charge in [-0.15, -0.1) is 11.3 Å². The summed E-state index contributed by atoms with van der Waals surface area (Å²) in [7, 11) is 0. The lowest BCUT2D eigenvalue weighted by Crippen LogP contribution is -1.94. The van der Waals surface area contributed by atoms with E-state index in [9.17, 15) is 0 Å². The van der Waals surface area contributed by atoms with Crippen LogP contribution in [0.1, 0.15) is 9.75 Å². The summed E-state index contributed by atoms with van der Waals surface area (Å²) in [6.45, 7) is 1.15. The van der Waals surface area contributed by atoms with Crippen LogP contribution in [-0.4, -0.2) is 4.98 Å². The summed E-state index contributed by atoms with van der Waals surface area (Å²) in [5.41, 5.74) is 6.56. The highest BCUT2D eigenvalue weighted by atomic mass is 32.1. The van der Waals surface area contributed by atoms with Gasteiger partial charge in [0.25, 0.3) is 0 Å². The summed E-state index contributed by atoms with van der Waals surface area (Å²) in [6.07, 6.45) is 1.79. The fraction of sp³-hybridized carbons (Fsp3) is 0.133. The summed E-state index contributed by atoms with van der Waals surface area (Å²) in [5.74, 6) is 0.869. The SMILES string of the molecule is NCc1ccc(COc2cccc3ncccc23)s1. The first-order chi connectivity index (χ1) is 9.36. The molecule has 0 bridgehead atoms. The van der Waals surface area contributed by atoms with Gasteiger partial charge in [-0.1, -0.05) is 6.07 Å². The first kappa shape index (κ1) is 12.1. The molecule has 0 spiro atoms. The molecule has 0 aliphatic carbocycles. The Hall–Kier alpha value is -1.91. The van der Waals surface area contributed by atoms with Gasteiger partial charge in [-0.2, -0.15) is 0 Å². The molecule has 19 heavy (non-hydrogen) atoms. The van der Waals surface area contributed by atoms with E-state index in [0.717, 1.165) is 16.7 Å². The monoisotopic (exact) mass is 270 g/mol. The molecule has 1 aromatic carbocycles. The minimum absolute atomic E-state index is 0.568. The molecule has 2 heterocycles. The third kappa shape index (κ3) is 2.59. The van der Waals surface area contributed by atoms with Crippen molar-refractivity contribution in [1.29, 1.82) is 0 Å². The van der Waals surface area contributed by atoms with E-state index in [2.05, 4.69) is 11.1 Å². The standard InChI is InChI=1S/C15H14N2OS/c16-9-11-6-7-12(19-11)10-18-15-5-1-4-14-13(15)3-2-8-17-14/h1-8H,9-10,16H2. The fourth-order valence-electron chi connectivity index (χ4n) is 1.96. The van der Waals surface area contributed by atoms with E-state index in [0.29, 0.717) is 13.2 Å². The smallest absolute Gasteiger partial charge is 0.129 e. The Morgan fingerprint density at radius 1 is 1.05 bits per heavy atom. The number of ether oxygens (including phenoxy) is 1. The second-order valence-electron chi connectivity index (χ2n) is 4.19. The summed E-state index contributed by atoms with van der Waals surface area (Å²) in [6, 6.07) is 14.0. The first-order valence-corrected chi connectivity index (χ1v) is 6.92. The molecule has 2 aromatic heterocycles. The predicted octanol–water partition coefficient (Wildman–Crippen LogP) is 3.33. The molecule has 0 fully saturated rings. The van der Waals surface area contributed by atoms with Crippen molar-refractivity contribution < 1.29 is 4.74 Å². The van der Waals surface area contributed by atoms with Crippen LogP contribution >= 0.6 is 11.3 Å². The third-order valence-electron chi connectivity index (χ3n) is 2.89. The number of hydrogen-bond acceptors (Lipinski definition) is 4.